The Morgan fingerprint density at radius 1 is 1.47 bits per heavy atom. The fourth-order valence-electron chi connectivity index (χ4n) is 2.26. The molecule has 1 fully saturated rings. The van der Waals surface area contributed by atoms with Crippen LogP contribution in [0.25, 0.3) is 0 Å². The minimum atomic E-state index is -0.0574. The number of benzene rings is 1. The standard InChI is InChI=1S/C14H20N2O2.ClH/c1-18-13-7-3-2-6-12(13)14(17)16-10-11-5-4-8-15-9-11;/h2-3,6-7,11,15H,4-5,8-10H2,1H3,(H,16,17);1H. The second kappa shape index (κ2) is 8.02. The molecule has 1 aliphatic rings. The molecule has 0 spiro atoms. The van der Waals surface area contributed by atoms with E-state index in [9.17, 15) is 4.79 Å². The molecule has 4 nitrogen and oxygen atoms in total. The Morgan fingerprint density at radius 3 is 2.95 bits per heavy atom. The topological polar surface area (TPSA) is 50.4 Å². The Balaban J connectivity index is 0.00000180. The normalized spacial score (nSPS) is 18.3. The molecule has 0 aliphatic carbocycles. The van der Waals surface area contributed by atoms with E-state index in [0.29, 0.717) is 17.2 Å². The van der Waals surface area contributed by atoms with Gasteiger partial charge in [-0.05, 0) is 44.0 Å². The summed E-state index contributed by atoms with van der Waals surface area (Å²) in [5.41, 5.74) is 0.601. The lowest BCUT2D eigenvalue weighted by Crippen LogP contribution is -2.38. The van der Waals surface area contributed by atoms with Crippen molar-refractivity contribution in [2.24, 2.45) is 5.92 Å². The maximum absolute atomic E-state index is 12.1. The maximum Gasteiger partial charge on any atom is 0.255 e. The lowest BCUT2D eigenvalue weighted by atomic mass is 9.99. The van der Waals surface area contributed by atoms with Gasteiger partial charge in [-0.1, -0.05) is 12.1 Å². The third-order valence-corrected chi connectivity index (χ3v) is 3.30. The summed E-state index contributed by atoms with van der Waals surface area (Å²) in [6, 6.07) is 7.30. The van der Waals surface area contributed by atoms with Crippen molar-refractivity contribution in [3.8, 4) is 5.75 Å². The Hall–Kier alpha value is -1.26. The smallest absolute Gasteiger partial charge is 0.255 e. The fourth-order valence-corrected chi connectivity index (χ4v) is 2.26. The maximum atomic E-state index is 12.1. The van der Waals surface area contributed by atoms with Crippen LogP contribution in [0.15, 0.2) is 24.3 Å². The second-order valence-electron chi connectivity index (χ2n) is 4.62. The molecule has 0 saturated carbocycles. The lowest BCUT2D eigenvalue weighted by molar-refractivity contribution is 0.0942. The molecule has 106 valence electrons. The molecule has 2 rings (SSSR count). The van der Waals surface area contributed by atoms with Crippen molar-refractivity contribution in [1.82, 2.24) is 10.6 Å². The number of piperidine rings is 1. The van der Waals surface area contributed by atoms with E-state index in [-0.39, 0.29) is 18.3 Å². The van der Waals surface area contributed by atoms with Crippen LogP contribution in [0.1, 0.15) is 23.2 Å². The predicted molar refractivity (Wildman–Crippen MR) is 78.2 cm³/mol. The van der Waals surface area contributed by atoms with Gasteiger partial charge in [0.15, 0.2) is 0 Å². The van der Waals surface area contributed by atoms with Gasteiger partial charge in [-0.2, -0.15) is 0 Å². The summed E-state index contributed by atoms with van der Waals surface area (Å²) in [6.45, 7) is 2.81. The fraction of sp³-hybridized carbons (Fsp3) is 0.500. The first-order valence-corrected chi connectivity index (χ1v) is 6.43. The molecule has 0 aromatic heterocycles. The number of carbonyl (C=O) groups excluding carboxylic acids is 1. The number of para-hydroxylation sites is 1. The lowest BCUT2D eigenvalue weighted by Gasteiger charge is -2.23. The Morgan fingerprint density at radius 2 is 2.26 bits per heavy atom. The monoisotopic (exact) mass is 284 g/mol. The second-order valence-corrected chi connectivity index (χ2v) is 4.62. The van der Waals surface area contributed by atoms with Gasteiger partial charge < -0.3 is 15.4 Å². The minimum Gasteiger partial charge on any atom is -0.496 e. The van der Waals surface area contributed by atoms with Gasteiger partial charge in [0.1, 0.15) is 5.75 Å². The van der Waals surface area contributed by atoms with Crippen LogP contribution in [-0.4, -0.2) is 32.7 Å². The van der Waals surface area contributed by atoms with Crippen LogP contribution >= 0.6 is 12.4 Å². The quantitative estimate of drug-likeness (QED) is 0.887. The average Bonchev–Trinajstić information content (AvgIpc) is 2.45. The molecule has 19 heavy (non-hydrogen) atoms. The van der Waals surface area contributed by atoms with Crippen molar-refractivity contribution in [3.05, 3.63) is 29.8 Å². The van der Waals surface area contributed by atoms with Crippen molar-refractivity contribution in [2.45, 2.75) is 12.8 Å². The highest BCUT2D eigenvalue weighted by molar-refractivity contribution is 5.96. The van der Waals surface area contributed by atoms with Crippen molar-refractivity contribution in [2.75, 3.05) is 26.7 Å². The summed E-state index contributed by atoms with van der Waals surface area (Å²) in [6.07, 6.45) is 2.37. The molecule has 1 unspecified atom stereocenters. The van der Waals surface area contributed by atoms with Gasteiger partial charge in [-0.25, -0.2) is 0 Å². The Labute approximate surface area is 120 Å². The molecule has 1 aromatic carbocycles. The molecule has 2 N–H and O–H groups in total. The minimum absolute atomic E-state index is 0. The molecule has 1 heterocycles. The zero-order chi connectivity index (χ0) is 12.8. The van der Waals surface area contributed by atoms with Crippen LogP contribution in [0.3, 0.4) is 0 Å². The summed E-state index contributed by atoms with van der Waals surface area (Å²) < 4.78 is 5.19. The highest BCUT2D eigenvalue weighted by atomic mass is 35.5. The first-order chi connectivity index (χ1) is 8.81. The van der Waals surface area contributed by atoms with Crippen LogP contribution < -0.4 is 15.4 Å². The van der Waals surface area contributed by atoms with Gasteiger partial charge in [0.05, 0.1) is 12.7 Å². The van der Waals surface area contributed by atoms with Crippen molar-refractivity contribution in [1.29, 1.82) is 0 Å². The summed E-state index contributed by atoms with van der Waals surface area (Å²) >= 11 is 0. The van der Waals surface area contributed by atoms with E-state index in [4.69, 9.17) is 4.74 Å². The number of hydrogen-bond donors (Lipinski definition) is 2. The van der Waals surface area contributed by atoms with E-state index >= 15 is 0 Å². The van der Waals surface area contributed by atoms with Gasteiger partial charge in [-0.15, -0.1) is 12.4 Å². The third kappa shape index (κ3) is 4.40. The van der Waals surface area contributed by atoms with Crippen molar-refractivity contribution in [3.63, 3.8) is 0 Å². The molecular formula is C14H21ClN2O2. The summed E-state index contributed by atoms with van der Waals surface area (Å²) in [5, 5.41) is 6.33. The van der Waals surface area contributed by atoms with Crippen LogP contribution in [0.2, 0.25) is 0 Å². The molecule has 1 atom stereocenters. The number of ether oxygens (including phenoxy) is 1. The Kier molecular flexibility index (Phi) is 6.67. The van der Waals surface area contributed by atoms with Crippen molar-refractivity contribution >= 4 is 18.3 Å². The van der Waals surface area contributed by atoms with E-state index in [1.807, 2.05) is 12.1 Å². The number of amides is 1. The highest BCUT2D eigenvalue weighted by Crippen LogP contribution is 2.17. The van der Waals surface area contributed by atoms with E-state index in [0.717, 1.165) is 19.6 Å². The van der Waals surface area contributed by atoms with Gasteiger partial charge in [-0.3, -0.25) is 4.79 Å². The number of carbonyl (C=O) groups is 1. The van der Waals surface area contributed by atoms with Crippen LogP contribution in [0.5, 0.6) is 5.75 Å². The van der Waals surface area contributed by atoms with Crippen LogP contribution in [0, 0.1) is 5.92 Å². The van der Waals surface area contributed by atoms with Gasteiger partial charge in [0, 0.05) is 6.54 Å². The number of hydrogen-bond acceptors (Lipinski definition) is 3. The third-order valence-electron chi connectivity index (χ3n) is 3.30. The van der Waals surface area contributed by atoms with Gasteiger partial charge in [0.25, 0.3) is 5.91 Å². The molecule has 1 saturated heterocycles. The molecule has 0 radical (unpaired) electrons. The van der Waals surface area contributed by atoms with E-state index in [2.05, 4.69) is 10.6 Å². The SMILES string of the molecule is COc1ccccc1C(=O)NCC1CCCNC1.Cl. The molecule has 1 amide bonds. The summed E-state index contributed by atoms with van der Waals surface area (Å²) in [5.74, 6) is 1.10. The van der Waals surface area contributed by atoms with Crippen molar-refractivity contribution < 1.29 is 9.53 Å². The number of nitrogens with one attached hydrogen (secondary N) is 2. The molecule has 1 aromatic rings. The number of methoxy groups -OCH3 is 1. The number of halogens is 1. The van der Waals surface area contributed by atoms with E-state index in [1.165, 1.54) is 12.8 Å². The van der Waals surface area contributed by atoms with Gasteiger partial charge >= 0.3 is 0 Å². The molecule has 5 heteroatoms. The largest absolute Gasteiger partial charge is 0.496 e. The van der Waals surface area contributed by atoms with Crippen LogP contribution in [-0.2, 0) is 0 Å². The first kappa shape index (κ1) is 15.8. The highest BCUT2D eigenvalue weighted by Gasteiger charge is 2.16. The predicted octanol–water partition coefficient (Wildman–Crippen LogP) is 1.85. The van der Waals surface area contributed by atoms with E-state index in [1.54, 1.807) is 19.2 Å². The Bertz CT molecular complexity index is 406. The summed E-state index contributed by atoms with van der Waals surface area (Å²) in [4.78, 5) is 12.1. The van der Waals surface area contributed by atoms with Gasteiger partial charge in [0.2, 0.25) is 0 Å². The average molecular weight is 285 g/mol. The summed E-state index contributed by atoms with van der Waals surface area (Å²) in [7, 11) is 1.58. The zero-order valence-corrected chi connectivity index (χ0v) is 12.0. The van der Waals surface area contributed by atoms with Crippen LogP contribution in [0.4, 0.5) is 0 Å². The zero-order valence-electron chi connectivity index (χ0n) is 11.1. The first-order valence-electron chi connectivity index (χ1n) is 6.43. The molecule has 1 aliphatic heterocycles. The molecule has 0 bridgehead atoms. The van der Waals surface area contributed by atoms with E-state index < -0.39 is 0 Å². The number of rotatable bonds is 4. The molecular weight excluding hydrogens is 264 g/mol.